The van der Waals surface area contributed by atoms with Crippen molar-refractivity contribution in [3.63, 3.8) is 0 Å². The zero-order valence-corrected chi connectivity index (χ0v) is 16.5. The lowest BCUT2D eigenvalue weighted by molar-refractivity contribution is -0.393. The normalized spacial score (nSPS) is 10.3. The molecule has 0 aliphatic heterocycles. The third-order valence-corrected chi connectivity index (χ3v) is 4.44. The Hall–Kier alpha value is -3.69. The van der Waals surface area contributed by atoms with Gasteiger partial charge in [0.25, 0.3) is 17.3 Å². The minimum atomic E-state index is -0.810. The van der Waals surface area contributed by atoms with Gasteiger partial charge < -0.3 is 10.6 Å². The molecule has 30 heavy (non-hydrogen) atoms. The van der Waals surface area contributed by atoms with E-state index in [0.29, 0.717) is 21.4 Å². The van der Waals surface area contributed by atoms with Crippen LogP contribution >= 0.6 is 23.2 Å². The first-order chi connectivity index (χ1) is 14.2. The van der Waals surface area contributed by atoms with E-state index in [2.05, 4.69) is 10.6 Å². The second-order valence-electron chi connectivity index (χ2n) is 6.00. The minimum absolute atomic E-state index is 0.209. The summed E-state index contributed by atoms with van der Waals surface area (Å²) in [6.45, 7) is 0. The molecule has 0 aromatic heterocycles. The van der Waals surface area contributed by atoms with Crippen molar-refractivity contribution in [2.24, 2.45) is 0 Å². The van der Waals surface area contributed by atoms with Crippen molar-refractivity contribution in [1.82, 2.24) is 0 Å². The maximum atomic E-state index is 12.9. The Labute approximate surface area is 179 Å². The number of nitrogens with one attached hydrogen (secondary N) is 2. The van der Waals surface area contributed by atoms with Crippen molar-refractivity contribution < 1.29 is 14.6 Å². The molecule has 0 saturated carbocycles. The Morgan fingerprint density at radius 2 is 1.53 bits per heavy atom. The van der Waals surface area contributed by atoms with Crippen LogP contribution in [-0.4, -0.2) is 15.8 Å². The van der Waals surface area contributed by atoms with E-state index in [-0.39, 0.29) is 11.3 Å². The summed E-state index contributed by atoms with van der Waals surface area (Å²) in [7, 11) is 0. The van der Waals surface area contributed by atoms with Crippen LogP contribution in [0.15, 0.2) is 60.7 Å². The zero-order valence-electron chi connectivity index (χ0n) is 15.0. The van der Waals surface area contributed by atoms with Crippen molar-refractivity contribution in [2.75, 3.05) is 10.6 Å². The van der Waals surface area contributed by atoms with Crippen LogP contribution in [0.2, 0.25) is 10.0 Å². The van der Waals surface area contributed by atoms with Gasteiger partial charge in [-0.15, -0.1) is 0 Å². The lowest BCUT2D eigenvalue weighted by atomic mass is 10.1. The highest BCUT2D eigenvalue weighted by molar-refractivity contribution is 6.31. The molecule has 0 aliphatic rings. The smallest absolute Gasteiger partial charge is 0.300 e. The highest BCUT2D eigenvalue weighted by atomic mass is 35.5. The number of hydrogen-bond donors (Lipinski definition) is 2. The predicted molar refractivity (Wildman–Crippen MR) is 114 cm³/mol. The van der Waals surface area contributed by atoms with Gasteiger partial charge in [-0.1, -0.05) is 29.3 Å². The average molecular weight is 447 g/mol. The zero-order chi connectivity index (χ0) is 21.8. The topological polar surface area (TPSA) is 127 Å². The van der Waals surface area contributed by atoms with Gasteiger partial charge in [0.2, 0.25) is 0 Å². The van der Waals surface area contributed by atoms with E-state index in [4.69, 9.17) is 23.2 Å². The third-order valence-electron chi connectivity index (χ3n) is 3.95. The minimum Gasteiger partial charge on any atom is -0.349 e. The van der Waals surface area contributed by atoms with Crippen LogP contribution in [0.5, 0.6) is 0 Å². The Morgan fingerprint density at radius 1 is 0.833 bits per heavy atom. The first kappa shape index (κ1) is 21.0. The molecule has 1 amide bonds. The van der Waals surface area contributed by atoms with E-state index < -0.39 is 27.1 Å². The molecular formula is C19H12Cl2N4O5. The van der Waals surface area contributed by atoms with E-state index in [1.165, 1.54) is 30.3 Å². The van der Waals surface area contributed by atoms with Gasteiger partial charge in [0.15, 0.2) is 0 Å². The van der Waals surface area contributed by atoms with E-state index in [1.54, 1.807) is 18.2 Å². The van der Waals surface area contributed by atoms with Crippen LogP contribution in [0.1, 0.15) is 10.4 Å². The van der Waals surface area contributed by atoms with Gasteiger partial charge >= 0.3 is 0 Å². The second-order valence-corrected chi connectivity index (χ2v) is 6.87. The molecule has 11 heteroatoms. The Balaban J connectivity index is 2.11. The van der Waals surface area contributed by atoms with Crippen molar-refractivity contribution >= 4 is 57.5 Å². The third kappa shape index (κ3) is 4.83. The molecule has 0 heterocycles. The summed E-state index contributed by atoms with van der Waals surface area (Å²) in [5.74, 6) is -0.784. The summed E-state index contributed by atoms with van der Waals surface area (Å²) in [6.07, 6.45) is 0. The highest BCUT2D eigenvalue weighted by Gasteiger charge is 2.28. The van der Waals surface area contributed by atoms with Gasteiger partial charge in [-0.3, -0.25) is 25.0 Å². The van der Waals surface area contributed by atoms with Crippen molar-refractivity contribution in [2.45, 2.75) is 0 Å². The first-order valence-corrected chi connectivity index (χ1v) is 9.06. The molecule has 0 aliphatic carbocycles. The maximum Gasteiger partial charge on any atom is 0.300 e. The van der Waals surface area contributed by atoms with Crippen molar-refractivity contribution in [1.29, 1.82) is 0 Å². The molecule has 0 bridgehead atoms. The number of anilines is 3. The number of nitro groups is 2. The molecular weight excluding hydrogens is 435 g/mol. The van der Waals surface area contributed by atoms with Crippen LogP contribution in [0.25, 0.3) is 0 Å². The summed E-state index contributed by atoms with van der Waals surface area (Å²) in [6, 6.07) is 14.2. The number of halogens is 2. The number of carbonyl (C=O) groups excluding carboxylic acids is 1. The Morgan fingerprint density at radius 3 is 2.13 bits per heavy atom. The molecule has 0 fully saturated rings. The van der Waals surface area contributed by atoms with E-state index in [1.807, 2.05) is 0 Å². The van der Waals surface area contributed by atoms with Crippen LogP contribution in [0.3, 0.4) is 0 Å². The highest BCUT2D eigenvalue weighted by Crippen LogP contribution is 2.36. The summed E-state index contributed by atoms with van der Waals surface area (Å²) in [5, 5.41) is 29.0. The number of nitrogens with zero attached hydrogens (tertiary/aromatic N) is 2. The lowest BCUT2D eigenvalue weighted by Gasteiger charge is -2.13. The number of rotatable bonds is 6. The molecule has 0 spiro atoms. The molecule has 3 aromatic rings. The molecule has 3 rings (SSSR count). The van der Waals surface area contributed by atoms with Gasteiger partial charge in [0.05, 0.1) is 21.5 Å². The van der Waals surface area contributed by atoms with Crippen molar-refractivity contribution in [3.05, 3.63) is 96.5 Å². The summed E-state index contributed by atoms with van der Waals surface area (Å²) in [5.41, 5.74) is -1.01. The SMILES string of the molecule is O=C(Nc1ccc(Cl)cc1)c1cc([N+](=O)[O-])cc([N+](=O)[O-])c1Nc1cccc(Cl)c1. The summed E-state index contributed by atoms with van der Waals surface area (Å²) in [4.78, 5) is 34.1. The Kier molecular flexibility index (Phi) is 6.14. The van der Waals surface area contributed by atoms with Gasteiger partial charge in [-0.05, 0) is 42.5 Å². The predicted octanol–water partition coefficient (Wildman–Crippen LogP) is 5.81. The van der Waals surface area contributed by atoms with E-state index in [0.717, 1.165) is 12.1 Å². The Bertz CT molecular complexity index is 1150. The molecule has 9 nitrogen and oxygen atoms in total. The molecule has 0 radical (unpaired) electrons. The standard InChI is InChI=1S/C19H12Cl2N4O5/c20-11-4-6-13(7-5-11)23-19(26)16-9-15(24(27)28)10-17(25(29)30)18(16)22-14-3-1-2-12(21)8-14/h1-10,22H,(H,23,26). The fraction of sp³-hybridized carbons (Fsp3) is 0. The molecule has 2 N–H and O–H groups in total. The van der Waals surface area contributed by atoms with Gasteiger partial charge in [-0.2, -0.15) is 0 Å². The van der Waals surface area contributed by atoms with Crippen LogP contribution < -0.4 is 10.6 Å². The fourth-order valence-electron chi connectivity index (χ4n) is 2.61. The first-order valence-electron chi connectivity index (χ1n) is 8.31. The van der Waals surface area contributed by atoms with Gasteiger partial charge in [-0.25, -0.2) is 0 Å². The van der Waals surface area contributed by atoms with Gasteiger partial charge in [0.1, 0.15) is 5.69 Å². The quantitative estimate of drug-likeness (QED) is 0.363. The molecule has 152 valence electrons. The summed E-state index contributed by atoms with van der Waals surface area (Å²) < 4.78 is 0. The number of benzene rings is 3. The van der Waals surface area contributed by atoms with Crippen LogP contribution in [0, 0.1) is 20.2 Å². The lowest BCUT2D eigenvalue weighted by Crippen LogP contribution is -2.15. The number of non-ortho nitro benzene ring substituents is 1. The molecule has 0 saturated heterocycles. The monoisotopic (exact) mass is 446 g/mol. The molecule has 0 atom stereocenters. The summed E-state index contributed by atoms with van der Waals surface area (Å²) >= 11 is 11.8. The molecule has 3 aromatic carbocycles. The number of nitro benzene ring substituents is 2. The second kappa shape index (κ2) is 8.76. The average Bonchev–Trinajstić information content (AvgIpc) is 2.69. The van der Waals surface area contributed by atoms with Crippen LogP contribution in [0.4, 0.5) is 28.4 Å². The fourth-order valence-corrected chi connectivity index (χ4v) is 2.93. The van der Waals surface area contributed by atoms with Crippen molar-refractivity contribution in [3.8, 4) is 0 Å². The van der Waals surface area contributed by atoms with E-state index in [9.17, 15) is 25.0 Å². The number of hydrogen-bond acceptors (Lipinski definition) is 6. The van der Waals surface area contributed by atoms with Crippen LogP contribution in [-0.2, 0) is 0 Å². The van der Waals surface area contributed by atoms with E-state index >= 15 is 0 Å². The largest absolute Gasteiger partial charge is 0.349 e. The molecule has 0 unspecified atom stereocenters. The van der Waals surface area contributed by atoms with Gasteiger partial charge in [0, 0.05) is 27.5 Å². The number of amides is 1. The number of carbonyl (C=O) groups is 1. The maximum absolute atomic E-state index is 12.9.